The SMILES string of the molecule is OC1(c2ccccc2)CCN(c2ccc(F)cn2)[C@H]2CCCC[C@H]21. The van der Waals surface area contributed by atoms with Crippen LogP contribution in [0.25, 0.3) is 0 Å². The normalized spacial score (nSPS) is 30.0. The zero-order valence-corrected chi connectivity index (χ0v) is 13.7. The van der Waals surface area contributed by atoms with Crippen LogP contribution in [0.5, 0.6) is 0 Å². The van der Waals surface area contributed by atoms with Crippen LogP contribution in [0.1, 0.15) is 37.7 Å². The van der Waals surface area contributed by atoms with E-state index in [0.717, 1.165) is 37.2 Å². The van der Waals surface area contributed by atoms with Gasteiger partial charge in [0.2, 0.25) is 0 Å². The van der Waals surface area contributed by atoms with Gasteiger partial charge in [-0.1, -0.05) is 43.2 Å². The highest BCUT2D eigenvalue weighted by Crippen LogP contribution is 2.47. The van der Waals surface area contributed by atoms with Crippen molar-refractivity contribution >= 4 is 5.82 Å². The average Bonchev–Trinajstić information content (AvgIpc) is 2.64. The lowest BCUT2D eigenvalue weighted by Crippen LogP contribution is -2.57. The number of nitrogens with zero attached hydrogens (tertiary/aromatic N) is 2. The zero-order chi connectivity index (χ0) is 16.6. The Morgan fingerprint density at radius 1 is 1.08 bits per heavy atom. The molecule has 2 aromatic rings. The van der Waals surface area contributed by atoms with Crippen molar-refractivity contribution in [3.63, 3.8) is 0 Å². The van der Waals surface area contributed by atoms with Gasteiger partial charge in [-0.25, -0.2) is 9.37 Å². The fraction of sp³-hybridized carbons (Fsp3) is 0.450. The van der Waals surface area contributed by atoms with Crippen LogP contribution in [-0.4, -0.2) is 22.7 Å². The third-order valence-electron chi connectivity index (χ3n) is 5.76. The molecule has 0 amide bonds. The van der Waals surface area contributed by atoms with Crippen molar-refractivity contribution in [3.8, 4) is 0 Å². The van der Waals surface area contributed by atoms with Crippen LogP contribution < -0.4 is 4.90 Å². The molecule has 0 radical (unpaired) electrons. The van der Waals surface area contributed by atoms with E-state index >= 15 is 0 Å². The molecular weight excluding hydrogens is 303 g/mol. The van der Waals surface area contributed by atoms with Crippen molar-refractivity contribution < 1.29 is 9.50 Å². The first-order chi connectivity index (χ1) is 11.7. The van der Waals surface area contributed by atoms with Crippen LogP contribution in [0.3, 0.4) is 0 Å². The fourth-order valence-electron chi connectivity index (χ4n) is 4.59. The summed E-state index contributed by atoms with van der Waals surface area (Å²) in [5.74, 6) is 0.703. The number of hydrogen-bond donors (Lipinski definition) is 1. The van der Waals surface area contributed by atoms with Gasteiger partial charge in [0.05, 0.1) is 11.8 Å². The maximum atomic E-state index is 13.2. The van der Waals surface area contributed by atoms with Crippen LogP contribution in [0.2, 0.25) is 0 Å². The van der Waals surface area contributed by atoms with Gasteiger partial charge in [-0.2, -0.15) is 0 Å². The summed E-state index contributed by atoms with van der Waals surface area (Å²) in [6.45, 7) is 0.741. The third-order valence-corrected chi connectivity index (χ3v) is 5.76. The predicted octanol–water partition coefficient (Wildman–Crippen LogP) is 3.88. The lowest BCUT2D eigenvalue weighted by molar-refractivity contribution is -0.0690. The predicted molar refractivity (Wildman–Crippen MR) is 92.2 cm³/mol. The molecule has 1 aromatic carbocycles. The Bertz CT molecular complexity index is 691. The molecule has 1 N–H and O–H groups in total. The number of rotatable bonds is 2. The largest absolute Gasteiger partial charge is 0.385 e. The summed E-state index contributed by atoms with van der Waals surface area (Å²) in [6, 6.07) is 13.6. The van der Waals surface area contributed by atoms with E-state index < -0.39 is 5.60 Å². The van der Waals surface area contributed by atoms with Gasteiger partial charge in [0.1, 0.15) is 11.6 Å². The molecule has 0 bridgehead atoms. The standard InChI is InChI=1S/C20H23FN2O/c21-16-10-11-19(22-14-16)23-13-12-20(24,15-6-2-1-3-7-15)17-8-4-5-9-18(17)23/h1-3,6-7,10-11,14,17-18,24H,4-5,8-9,12-13H2/t17-,18+,20?/m1/s1. The number of piperidine rings is 1. The maximum Gasteiger partial charge on any atom is 0.141 e. The van der Waals surface area contributed by atoms with Crippen LogP contribution in [-0.2, 0) is 5.60 Å². The van der Waals surface area contributed by atoms with Gasteiger partial charge < -0.3 is 10.0 Å². The quantitative estimate of drug-likeness (QED) is 0.910. The summed E-state index contributed by atoms with van der Waals surface area (Å²) in [5, 5.41) is 11.5. The molecule has 1 aliphatic heterocycles. The number of aromatic nitrogens is 1. The molecule has 1 saturated heterocycles. The van der Waals surface area contributed by atoms with E-state index in [1.54, 1.807) is 6.07 Å². The van der Waals surface area contributed by atoms with Gasteiger partial charge in [0.15, 0.2) is 0 Å². The Labute approximate surface area is 142 Å². The summed E-state index contributed by atoms with van der Waals surface area (Å²) >= 11 is 0. The number of halogens is 1. The molecule has 1 unspecified atom stereocenters. The van der Waals surface area contributed by atoms with Crippen LogP contribution >= 0.6 is 0 Å². The Balaban J connectivity index is 1.68. The van der Waals surface area contributed by atoms with Gasteiger partial charge in [-0.05, 0) is 37.0 Å². The Hall–Kier alpha value is -1.94. The molecule has 4 heteroatoms. The minimum Gasteiger partial charge on any atom is -0.385 e. The van der Waals surface area contributed by atoms with Crippen molar-refractivity contribution in [2.24, 2.45) is 5.92 Å². The Morgan fingerprint density at radius 2 is 1.88 bits per heavy atom. The highest BCUT2D eigenvalue weighted by molar-refractivity contribution is 5.42. The smallest absolute Gasteiger partial charge is 0.141 e. The van der Waals surface area contributed by atoms with E-state index in [-0.39, 0.29) is 17.8 Å². The first kappa shape index (κ1) is 15.6. The number of hydrogen-bond acceptors (Lipinski definition) is 3. The van der Waals surface area contributed by atoms with Gasteiger partial charge in [-0.3, -0.25) is 0 Å². The van der Waals surface area contributed by atoms with Crippen molar-refractivity contribution in [1.82, 2.24) is 4.98 Å². The minimum absolute atomic E-state index is 0.189. The first-order valence-electron chi connectivity index (χ1n) is 8.84. The number of aliphatic hydroxyl groups is 1. The van der Waals surface area contributed by atoms with Crippen molar-refractivity contribution in [3.05, 3.63) is 60.0 Å². The van der Waals surface area contributed by atoms with Gasteiger partial charge in [0, 0.05) is 18.5 Å². The summed E-state index contributed by atoms with van der Waals surface area (Å²) < 4.78 is 13.2. The summed E-state index contributed by atoms with van der Waals surface area (Å²) in [4.78, 5) is 6.56. The number of fused-ring (bicyclic) bond motifs is 1. The number of benzene rings is 1. The molecule has 1 saturated carbocycles. The second-order valence-electron chi connectivity index (χ2n) is 7.03. The van der Waals surface area contributed by atoms with Crippen LogP contribution in [0.15, 0.2) is 48.7 Å². The molecule has 3 atom stereocenters. The van der Waals surface area contributed by atoms with Gasteiger partial charge in [-0.15, -0.1) is 0 Å². The van der Waals surface area contributed by atoms with Gasteiger partial charge in [0.25, 0.3) is 0 Å². The molecule has 1 aromatic heterocycles. The summed E-state index contributed by atoms with van der Waals surface area (Å²) in [5.41, 5.74) is 0.247. The van der Waals surface area contributed by atoms with E-state index in [1.165, 1.54) is 18.7 Å². The lowest BCUT2D eigenvalue weighted by Gasteiger charge is -2.53. The van der Waals surface area contributed by atoms with Crippen LogP contribution in [0, 0.1) is 11.7 Å². The molecule has 2 heterocycles. The number of pyridine rings is 1. The molecular formula is C20H23FN2O. The van der Waals surface area contributed by atoms with Crippen molar-refractivity contribution in [2.75, 3.05) is 11.4 Å². The maximum absolute atomic E-state index is 13.2. The lowest BCUT2D eigenvalue weighted by atomic mass is 9.66. The van der Waals surface area contributed by atoms with E-state index in [2.05, 4.69) is 9.88 Å². The molecule has 4 rings (SSSR count). The number of anilines is 1. The molecule has 126 valence electrons. The van der Waals surface area contributed by atoms with E-state index in [9.17, 15) is 9.50 Å². The summed E-state index contributed by atoms with van der Waals surface area (Å²) in [7, 11) is 0. The molecule has 24 heavy (non-hydrogen) atoms. The van der Waals surface area contributed by atoms with Gasteiger partial charge >= 0.3 is 0 Å². The molecule has 3 nitrogen and oxygen atoms in total. The highest BCUT2D eigenvalue weighted by atomic mass is 19.1. The van der Waals surface area contributed by atoms with Crippen molar-refractivity contribution in [2.45, 2.75) is 43.7 Å². The second kappa shape index (κ2) is 6.17. The highest BCUT2D eigenvalue weighted by Gasteiger charge is 2.49. The topological polar surface area (TPSA) is 36.4 Å². The monoisotopic (exact) mass is 326 g/mol. The third kappa shape index (κ3) is 2.59. The van der Waals surface area contributed by atoms with E-state index in [1.807, 2.05) is 30.3 Å². The average molecular weight is 326 g/mol. The molecule has 2 fully saturated rings. The zero-order valence-electron chi connectivity index (χ0n) is 13.7. The van der Waals surface area contributed by atoms with E-state index in [4.69, 9.17) is 0 Å². The summed E-state index contributed by atoms with van der Waals surface area (Å²) in [6.07, 6.45) is 6.36. The Morgan fingerprint density at radius 3 is 2.62 bits per heavy atom. The first-order valence-corrected chi connectivity index (χ1v) is 8.84. The molecule has 1 aliphatic carbocycles. The molecule has 2 aliphatic rings. The van der Waals surface area contributed by atoms with Crippen molar-refractivity contribution in [1.29, 1.82) is 0 Å². The van der Waals surface area contributed by atoms with Crippen LogP contribution in [0.4, 0.5) is 10.2 Å². The van der Waals surface area contributed by atoms with E-state index in [0.29, 0.717) is 6.42 Å². The molecule has 0 spiro atoms. The second-order valence-corrected chi connectivity index (χ2v) is 7.03. The minimum atomic E-state index is -0.775. The Kier molecular flexibility index (Phi) is 4.01. The fourth-order valence-corrected chi connectivity index (χ4v) is 4.59.